The Morgan fingerprint density at radius 3 is 2.12 bits per heavy atom. The molecule has 3 aromatic carbocycles. The number of amides is 2. The number of ether oxygens (including phenoxy) is 1. The van der Waals surface area contributed by atoms with E-state index in [1.165, 1.54) is 5.56 Å². The minimum Gasteiger partial charge on any atom is -0.484 e. The molecule has 178 valence electrons. The van der Waals surface area contributed by atoms with Crippen LogP contribution in [-0.2, 0) is 29.0 Å². The summed E-state index contributed by atoms with van der Waals surface area (Å²) in [5.74, 6) is 0.241. The van der Waals surface area contributed by atoms with Crippen LogP contribution in [0.25, 0.3) is 0 Å². The average Bonchev–Trinajstić information content (AvgIpc) is 2.87. The Hall–Kier alpha value is -3.60. The van der Waals surface area contributed by atoms with Crippen molar-refractivity contribution in [2.45, 2.75) is 46.2 Å². The summed E-state index contributed by atoms with van der Waals surface area (Å²) in [5, 5.41) is 2.91. The Labute approximate surface area is 202 Å². The standard InChI is InChI=1S/C29H34N2O3/c1-4-23-15-17-26(18-16-23)34-21-28(32)31(20-25-13-11-22(3)12-14-25)27(29(33)30-5-2)19-24-9-7-6-8-10-24/h6-18,27H,4-5,19-21H2,1-3H3,(H,30,33)/t27-/m1/s1. The first-order chi connectivity index (χ1) is 16.5. The molecular formula is C29H34N2O3. The van der Waals surface area contributed by atoms with Gasteiger partial charge >= 0.3 is 0 Å². The number of carbonyl (C=O) groups excluding carboxylic acids is 2. The molecule has 0 fully saturated rings. The maximum Gasteiger partial charge on any atom is 0.261 e. The Kier molecular flexibility index (Phi) is 9.27. The first kappa shape index (κ1) is 25.0. The molecule has 0 radical (unpaired) electrons. The fourth-order valence-electron chi connectivity index (χ4n) is 3.79. The third-order valence-corrected chi connectivity index (χ3v) is 5.79. The van der Waals surface area contributed by atoms with Crippen LogP contribution in [0.2, 0.25) is 0 Å². The molecular weight excluding hydrogens is 424 g/mol. The molecule has 3 aromatic rings. The van der Waals surface area contributed by atoms with Crippen LogP contribution in [0.5, 0.6) is 5.75 Å². The Morgan fingerprint density at radius 2 is 1.50 bits per heavy atom. The topological polar surface area (TPSA) is 58.6 Å². The van der Waals surface area contributed by atoms with E-state index in [0.717, 1.165) is 23.1 Å². The Morgan fingerprint density at radius 1 is 0.853 bits per heavy atom. The molecule has 0 spiro atoms. The molecule has 0 unspecified atom stereocenters. The summed E-state index contributed by atoms with van der Waals surface area (Å²) in [6.45, 7) is 6.69. The van der Waals surface area contributed by atoms with Gasteiger partial charge in [0.1, 0.15) is 11.8 Å². The van der Waals surface area contributed by atoms with Crippen LogP contribution >= 0.6 is 0 Å². The quantitative estimate of drug-likeness (QED) is 0.453. The second-order valence-corrected chi connectivity index (χ2v) is 8.39. The van der Waals surface area contributed by atoms with Crippen molar-refractivity contribution in [1.82, 2.24) is 10.2 Å². The number of likely N-dealkylation sites (N-methyl/N-ethyl adjacent to an activating group) is 1. The predicted octanol–water partition coefficient (Wildman–Crippen LogP) is 4.71. The van der Waals surface area contributed by atoms with E-state index < -0.39 is 6.04 Å². The van der Waals surface area contributed by atoms with Gasteiger partial charge in [0, 0.05) is 19.5 Å². The molecule has 5 heteroatoms. The Bertz CT molecular complexity index is 1050. The highest BCUT2D eigenvalue weighted by atomic mass is 16.5. The van der Waals surface area contributed by atoms with Gasteiger partial charge in [-0.05, 0) is 49.1 Å². The number of rotatable bonds is 11. The van der Waals surface area contributed by atoms with Crippen LogP contribution in [-0.4, -0.2) is 35.9 Å². The third kappa shape index (κ3) is 7.20. The molecule has 0 saturated carbocycles. The van der Waals surface area contributed by atoms with Crippen molar-refractivity contribution in [3.8, 4) is 5.75 Å². The lowest BCUT2D eigenvalue weighted by Gasteiger charge is -2.31. The lowest BCUT2D eigenvalue weighted by Crippen LogP contribution is -2.51. The molecule has 0 heterocycles. The zero-order valence-corrected chi connectivity index (χ0v) is 20.3. The average molecular weight is 459 g/mol. The highest BCUT2D eigenvalue weighted by Gasteiger charge is 2.30. The molecule has 0 saturated heterocycles. The van der Waals surface area contributed by atoms with Crippen molar-refractivity contribution >= 4 is 11.8 Å². The zero-order valence-electron chi connectivity index (χ0n) is 20.3. The highest BCUT2D eigenvalue weighted by molar-refractivity contribution is 5.88. The van der Waals surface area contributed by atoms with Crippen molar-refractivity contribution < 1.29 is 14.3 Å². The van der Waals surface area contributed by atoms with E-state index in [2.05, 4.69) is 12.2 Å². The van der Waals surface area contributed by atoms with Gasteiger partial charge in [-0.25, -0.2) is 0 Å². The molecule has 0 aliphatic rings. The van der Waals surface area contributed by atoms with Crippen molar-refractivity contribution in [3.05, 3.63) is 101 Å². The molecule has 1 N–H and O–H groups in total. The number of hydrogen-bond donors (Lipinski definition) is 1. The molecule has 0 bridgehead atoms. The van der Waals surface area contributed by atoms with E-state index in [4.69, 9.17) is 4.74 Å². The third-order valence-electron chi connectivity index (χ3n) is 5.79. The smallest absolute Gasteiger partial charge is 0.261 e. The Balaban J connectivity index is 1.85. The van der Waals surface area contributed by atoms with Gasteiger partial charge in [0.15, 0.2) is 6.61 Å². The number of aryl methyl sites for hydroxylation is 2. The summed E-state index contributed by atoms with van der Waals surface area (Å²) in [6, 6.07) is 24.9. The lowest BCUT2D eigenvalue weighted by molar-refractivity contribution is -0.142. The first-order valence-electron chi connectivity index (χ1n) is 11.9. The SMILES string of the molecule is CCNC(=O)[C@@H](Cc1ccccc1)N(Cc1ccc(C)cc1)C(=O)COc1ccc(CC)cc1. The van der Waals surface area contributed by atoms with E-state index in [9.17, 15) is 9.59 Å². The van der Waals surface area contributed by atoms with E-state index in [0.29, 0.717) is 25.3 Å². The van der Waals surface area contributed by atoms with E-state index >= 15 is 0 Å². The molecule has 1 atom stereocenters. The van der Waals surface area contributed by atoms with Crippen LogP contribution in [0, 0.1) is 6.92 Å². The second kappa shape index (κ2) is 12.6. The van der Waals surface area contributed by atoms with Gasteiger partial charge in [0.25, 0.3) is 5.91 Å². The van der Waals surface area contributed by atoms with Crippen LogP contribution in [0.15, 0.2) is 78.9 Å². The van der Waals surface area contributed by atoms with E-state index in [1.807, 2.05) is 92.7 Å². The van der Waals surface area contributed by atoms with Crippen molar-refractivity contribution in [3.63, 3.8) is 0 Å². The summed E-state index contributed by atoms with van der Waals surface area (Å²) >= 11 is 0. The minimum atomic E-state index is -0.651. The van der Waals surface area contributed by atoms with Gasteiger partial charge in [-0.2, -0.15) is 0 Å². The maximum absolute atomic E-state index is 13.5. The number of hydrogen-bond acceptors (Lipinski definition) is 3. The van der Waals surface area contributed by atoms with Crippen molar-refractivity contribution in [2.75, 3.05) is 13.2 Å². The van der Waals surface area contributed by atoms with Crippen LogP contribution < -0.4 is 10.1 Å². The molecule has 3 rings (SSSR count). The van der Waals surface area contributed by atoms with Crippen molar-refractivity contribution in [2.24, 2.45) is 0 Å². The molecule has 0 aromatic heterocycles. The molecule has 0 aliphatic heterocycles. The molecule has 2 amide bonds. The number of nitrogens with one attached hydrogen (secondary N) is 1. The summed E-state index contributed by atoms with van der Waals surface area (Å²) in [7, 11) is 0. The monoisotopic (exact) mass is 458 g/mol. The largest absolute Gasteiger partial charge is 0.484 e. The van der Waals surface area contributed by atoms with Gasteiger partial charge < -0.3 is 15.0 Å². The van der Waals surface area contributed by atoms with Gasteiger partial charge in [-0.1, -0.05) is 79.2 Å². The fourth-order valence-corrected chi connectivity index (χ4v) is 3.79. The summed E-state index contributed by atoms with van der Waals surface area (Å²) in [6.07, 6.45) is 1.37. The van der Waals surface area contributed by atoms with Gasteiger partial charge in [-0.15, -0.1) is 0 Å². The van der Waals surface area contributed by atoms with Gasteiger partial charge in [0.05, 0.1) is 0 Å². The minimum absolute atomic E-state index is 0.137. The lowest BCUT2D eigenvalue weighted by atomic mass is 10.0. The summed E-state index contributed by atoms with van der Waals surface area (Å²) in [5.41, 5.74) is 4.31. The predicted molar refractivity (Wildman–Crippen MR) is 136 cm³/mol. The van der Waals surface area contributed by atoms with Crippen LogP contribution in [0.4, 0.5) is 0 Å². The fraction of sp³-hybridized carbons (Fsp3) is 0.310. The molecule has 34 heavy (non-hydrogen) atoms. The van der Waals surface area contributed by atoms with Gasteiger partial charge in [-0.3, -0.25) is 9.59 Å². The molecule has 0 aliphatic carbocycles. The second-order valence-electron chi connectivity index (χ2n) is 8.39. The maximum atomic E-state index is 13.5. The van der Waals surface area contributed by atoms with Crippen LogP contribution in [0.3, 0.4) is 0 Å². The summed E-state index contributed by atoms with van der Waals surface area (Å²) < 4.78 is 5.82. The number of nitrogens with zero attached hydrogens (tertiary/aromatic N) is 1. The van der Waals surface area contributed by atoms with Crippen LogP contribution in [0.1, 0.15) is 36.1 Å². The number of benzene rings is 3. The zero-order chi connectivity index (χ0) is 24.3. The first-order valence-corrected chi connectivity index (χ1v) is 11.9. The normalized spacial score (nSPS) is 11.5. The van der Waals surface area contributed by atoms with Gasteiger partial charge in [0.2, 0.25) is 5.91 Å². The number of carbonyl (C=O) groups is 2. The molecule has 5 nitrogen and oxygen atoms in total. The van der Waals surface area contributed by atoms with E-state index in [1.54, 1.807) is 4.90 Å². The summed E-state index contributed by atoms with van der Waals surface area (Å²) in [4.78, 5) is 28.3. The van der Waals surface area contributed by atoms with E-state index in [-0.39, 0.29) is 18.4 Å². The van der Waals surface area contributed by atoms with Crippen molar-refractivity contribution in [1.29, 1.82) is 0 Å². The highest BCUT2D eigenvalue weighted by Crippen LogP contribution is 2.17.